The van der Waals surface area contributed by atoms with E-state index in [1.807, 2.05) is 0 Å². The maximum absolute atomic E-state index is 12.1. The van der Waals surface area contributed by atoms with Crippen LogP contribution in [0.5, 0.6) is 0 Å². The molecule has 0 amide bonds. The number of halogens is 1. The molecule has 1 heterocycles. The molecule has 18 heavy (non-hydrogen) atoms. The van der Waals surface area contributed by atoms with E-state index < -0.39 is 11.9 Å². The topological polar surface area (TPSA) is 70.2 Å². The Morgan fingerprint density at radius 1 is 1.39 bits per heavy atom. The van der Waals surface area contributed by atoms with Crippen molar-refractivity contribution in [1.29, 1.82) is 0 Å². The van der Waals surface area contributed by atoms with Crippen LogP contribution in [-0.4, -0.2) is 21.8 Å². The van der Waals surface area contributed by atoms with Gasteiger partial charge in [-0.3, -0.25) is 9.59 Å². The fourth-order valence-electron chi connectivity index (χ4n) is 2.51. The molecule has 3 rings (SSSR count). The maximum Gasteiger partial charge on any atom is 0.307 e. The van der Waals surface area contributed by atoms with Crippen LogP contribution in [0.1, 0.15) is 22.5 Å². The minimum atomic E-state index is -0.925. The van der Waals surface area contributed by atoms with Gasteiger partial charge in [-0.2, -0.15) is 0 Å². The normalized spacial score (nSPS) is 18.9. The van der Waals surface area contributed by atoms with Gasteiger partial charge in [0, 0.05) is 40.0 Å². The van der Waals surface area contributed by atoms with E-state index in [4.69, 9.17) is 16.7 Å². The zero-order chi connectivity index (χ0) is 12.9. The molecule has 2 aromatic rings. The first-order valence-electron chi connectivity index (χ1n) is 5.62. The standard InChI is InChI=1S/C13H10ClNO3/c14-7-1-2-9-8(5-7)12-10(15-9)3-6(13(17)18)4-11(12)16/h1-2,5-6,15H,3-4H2,(H,17,18). The Morgan fingerprint density at radius 3 is 2.89 bits per heavy atom. The average Bonchev–Trinajstić information content (AvgIpc) is 2.66. The Kier molecular flexibility index (Phi) is 2.41. The molecule has 0 aliphatic heterocycles. The highest BCUT2D eigenvalue weighted by atomic mass is 35.5. The van der Waals surface area contributed by atoms with Gasteiger partial charge in [0.1, 0.15) is 0 Å². The van der Waals surface area contributed by atoms with Crippen LogP contribution >= 0.6 is 11.6 Å². The first-order valence-corrected chi connectivity index (χ1v) is 6.00. The van der Waals surface area contributed by atoms with Crippen molar-refractivity contribution in [2.24, 2.45) is 5.92 Å². The van der Waals surface area contributed by atoms with Crippen LogP contribution in [0.4, 0.5) is 0 Å². The summed E-state index contributed by atoms with van der Waals surface area (Å²) in [6.45, 7) is 0. The summed E-state index contributed by atoms with van der Waals surface area (Å²) in [4.78, 5) is 26.2. The maximum atomic E-state index is 12.1. The van der Waals surface area contributed by atoms with Gasteiger partial charge in [0.05, 0.1) is 5.92 Å². The molecule has 0 saturated carbocycles. The van der Waals surface area contributed by atoms with Crippen molar-refractivity contribution in [2.75, 3.05) is 0 Å². The number of aromatic amines is 1. The highest BCUT2D eigenvalue weighted by Crippen LogP contribution is 2.32. The number of rotatable bonds is 1. The van der Waals surface area contributed by atoms with Crippen molar-refractivity contribution < 1.29 is 14.7 Å². The Hall–Kier alpha value is -1.81. The number of aliphatic carboxylic acids is 1. The van der Waals surface area contributed by atoms with Gasteiger partial charge >= 0.3 is 5.97 Å². The molecule has 1 aromatic carbocycles. The van der Waals surface area contributed by atoms with Gasteiger partial charge in [0.2, 0.25) is 0 Å². The summed E-state index contributed by atoms with van der Waals surface area (Å²) in [5.41, 5.74) is 2.13. The van der Waals surface area contributed by atoms with E-state index in [1.165, 1.54) is 0 Å². The number of nitrogens with one attached hydrogen (secondary N) is 1. The summed E-state index contributed by atoms with van der Waals surface area (Å²) in [5.74, 6) is -1.68. The number of benzene rings is 1. The Bertz CT molecular complexity index is 674. The van der Waals surface area contributed by atoms with Crippen LogP contribution < -0.4 is 0 Å². The van der Waals surface area contributed by atoms with E-state index in [-0.39, 0.29) is 12.2 Å². The van der Waals surface area contributed by atoms with Crippen molar-refractivity contribution >= 4 is 34.3 Å². The van der Waals surface area contributed by atoms with E-state index in [1.54, 1.807) is 18.2 Å². The molecule has 0 bridgehead atoms. The SMILES string of the molecule is O=C1CC(C(=O)O)Cc2[nH]c3ccc(Cl)cc3c21. The van der Waals surface area contributed by atoms with E-state index in [0.717, 1.165) is 10.9 Å². The molecule has 0 fully saturated rings. The van der Waals surface area contributed by atoms with E-state index in [2.05, 4.69) is 4.98 Å². The van der Waals surface area contributed by atoms with Crippen LogP contribution in [0.15, 0.2) is 18.2 Å². The molecule has 0 spiro atoms. The van der Waals surface area contributed by atoms with Crippen LogP contribution in [-0.2, 0) is 11.2 Å². The third kappa shape index (κ3) is 1.61. The molecule has 0 saturated heterocycles. The van der Waals surface area contributed by atoms with Crippen LogP contribution in [0.3, 0.4) is 0 Å². The van der Waals surface area contributed by atoms with Crippen LogP contribution in [0.25, 0.3) is 10.9 Å². The number of Topliss-reactive ketones (excluding diaryl/α,β-unsaturated/α-hetero) is 1. The minimum absolute atomic E-state index is 0.0573. The van der Waals surface area contributed by atoms with Crippen LogP contribution in [0, 0.1) is 5.92 Å². The summed E-state index contributed by atoms with van der Waals surface area (Å²) in [6.07, 6.45) is 0.421. The molecule has 92 valence electrons. The molecule has 1 atom stereocenters. The predicted octanol–water partition coefficient (Wildman–Crippen LogP) is 2.65. The second kappa shape index (κ2) is 3.85. The predicted molar refractivity (Wildman–Crippen MR) is 67.1 cm³/mol. The molecule has 1 unspecified atom stereocenters. The first-order chi connectivity index (χ1) is 8.56. The molecule has 4 nitrogen and oxygen atoms in total. The van der Waals surface area contributed by atoms with Gasteiger partial charge in [-0.15, -0.1) is 0 Å². The van der Waals surface area contributed by atoms with Gasteiger partial charge in [0.15, 0.2) is 5.78 Å². The Balaban J connectivity index is 2.20. The lowest BCUT2D eigenvalue weighted by Crippen LogP contribution is -2.25. The number of carbonyl (C=O) groups is 2. The molecule has 1 aliphatic carbocycles. The lowest BCUT2D eigenvalue weighted by atomic mass is 9.86. The summed E-state index contributed by atoms with van der Waals surface area (Å²) < 4.78 is 0. The number of aromatic nitrogens is 1. The smallest absolute Gasteiger partial charge is 0.307 e. The molecular formula is C13H10ClNO3. The largest absolute Gasteiger partial charge is 0.481 e. The molecule has 1 aliphatic rings. The molecule has 2 N–H and O–H groups in total. The molecular weight excluding hydrogens is 254 g/mol. The number of hydrogen-bond donors (Lipinski definition) is 2. The van der Waals surface area contributed by atoms with Crippen molar-refractivity contribution in [1.82, 2.24) is 4.98 Å². The molecule has 5 heteroatoms. The Morgan fingerprint density at radius 2 is 2.17 bits per heavy atom. The van der Waals surface area contributed by atoms with Gasteiger partial charge in [0.25, 0.3) is 0 Å². The molecule has 0 radical (unpaired) electrons. The van der Waals surface area contributed by atoms with E-state index >= 15 is 0 Å². The lowest BCUT2D eigenvalue weighted by Gasteiger charge is -2.17. The lowest BCUT2D eigenvalue weighted by molar-refractivity contribution is -0.141. The zero-order valence-electron chi connectivity index (χ0n) is 9.37. The van der Waals surface area contributed by atoms with Gasteiger partial charge in [-0.25, -0.2) is 0 Å². The third-order valence-electron chi connectivity index (χ3n) is 3.35. The van der Waals surface area contributed by atoms with E-state index in [0.29, 0.717) is 22.7 Å². The van der Waals surface area contributed by atoms with Crippen LogP contribution in [0.2, 0.25) is 5.02 Å². The van der Waals surface area contributed by atoms with Gasteiger partial charge in [-0.1, -0.05) is 11.6 Å². The summed E-state index contributed by atoms with van der Waals surface area (Å²) in [6, 6.07) is 5.29. The number of ketones is 1. The second-order valence-electron chi connectivity index (χ2n) is 4.54. The number of fused-ring (bicyclic) bond motifs is 3. The third-order valence-corrected chi connectivity index (χ3v) is 3.58. The fraction of sp³-hybridized carbons (Fsp3) is 0.231. The fourth-order valence-corrected chi connectivity index (χ4v) is 2.68. The quantitative estimate of drug-likeness (QED) is 0.831. The van der Waals surface area contributed by atoms with Crippen molar-refractivity contribution in [3.05, 3.63) is 34.5 Å². The summed E-state index contributed by atoms with van der Waals surface area (Å²) in [5, 5.41) is 10.4. The average molecular weight is 264 g/mol. The van der Waals surface area contributed by atoms with Crippen molar-refractivity contribution in [2.45, 2.75) is 12.8 Å². The number of hydrogen-bond acceptors (Lipinski definition) is 2. The highest BCUT2D eigenvalue weighted by Gasteiger charge is 2.32. The Labute approximate surface area is 108 Å². The number of carboxylic acid groups (broad SMARTS) is 1. The summed E-state index contributed by atoms with van der Waals surface area (Å²) >= 11 is 5.93. The zero-order valence-corrected chi connectivity index (χ0v) is 10.1. The monoisotopic (exact) mass is 263 g/mol. The van der Waals surface area contributed by atoms with Gasteiger partial charge in [-0.05, 0) is 18.2 Å². The summed E-state index contributed by atoms with van der Waals surface area (Å²) in [7, 11) is 0. The number of carboxylic acids is 1. The van der Waals surface area contributed by atoms with E-state index in [9.17, 15) is 9.59 Å². The number of H-pyrrole nitrogens is 1. The second-order valence-corrected chi connectivity index (χ2v) is 4.97. The minimum Gasteiger partial charge on any atom is -0.481 e. The first kappa shape index (κ1) is 11.3. The van der Waals surface area contributed by atoms with Crippen molar-refractivity contribution in [3.63, 3.8) is 0 Å². The molecule has 1 aromatic heterocycles. The van der Waals surface area contributed by atoms with Crippen molar-refractivity contribution in [3.8, 4) is 0 Å². The van der Waals surface area contributed by atoms with Gasteiger partial charge < -0.3 is 10.1 Å². The highest BCUT2D eigenvalue weighted by molar-refractivity contribution is 6.31. The number of carbonyl (C=O) groups excluding carboxylic acids is 1.